The number of anilines is 1. The molecule has 0 saturated carbocycles. The molecule has 3 nitrogen and oxygen atoms in total. The lowest BCUT2D eigenvalue weighted by Gasteiger charge is -2.21. The number of carbonyl (C=O) groups is 1. The molecule has 0 spiro atoms. The molecule has 0 atom stereocenters. The van der Waals surface area contributed by atoms with Crippen LogP contribution < -0.4 is 4.90 Å². The fourth-order valence-corrected chi connectivity index (χ4v) is 2.32. The summed E-state index contributed by atoms with van der Waals surface area (Å²) >= 11 is 0. The highest BCUT2D eigenvalue weighted by Gasteiger charge is 2.19. The highest BCUT2D eigenvalue weighted by atomic mass is 16.4. The topological polar surface area (TPSA) is 40.5 Å². The zero-order chi connectivity index (χ0) is 12.4. The first-order valence-electron chi connectivity index (χ1n) is 6.22. The maximum atomic E-state index is 11.3. The van der Waals surface area contributed by atoms with E-state index in [9.17, 15) is 9.90 Å². The molecule has 1 fully saturated rings. The van der Waals surface area contributed by atoms with Crippen molar-refractivity contribution in [1.82, 2.24) is 0 Å². The van der Waals surface area contributed by atoms with Crippen LogP contribution in [0.1, 0.15) is 48.5 Å². The molecule has 1 aromatic carbocycles. The van der Waals surface area contributed by atoms with Gasteiger partial charge in [0.1, 0.15) is 0 Å². The molecule has 0 unspecified atom stereocenters. The molecule has 3 heteroatoms. The predicted molar refractivity (Wildman–Crippen MR) is 68.9 cm³/mol. The summed E-state index contributed by atoms with van der Waals surface area (Å²) in [6.07, 6.45) is 2.32. The van der Waals surface area contributed by atoms with Crippen molar-refractivity contribution < 1.29 is 9.90 Å². The minimum absolute atomic E-state index is 0.362. The molecule has 1 heterocycles. The van der Waals surface area contributed by atoms with E-state index in [-0.39, 0.29) is 0 Å². The smallest absolute Gasteiger partial charge is 0.337 e. The van der Waals surface area contributed by atoms with Gasteiger partial charge in [-0.25, -0.2) is 4.79 Å². The van der Waals surface area contributed by atoms with Gasteiger partial charge in [0.05, 0.1) is 11.3 Å². The molecule has 2 rings (SSSR count). The number of rotatable bonds is 3. The fraction of sp³-hybridized carbons (Fsp3) is 0.500. The summed E-state index contributed by atoms with van der Waals surface area (Å²) in [5.41, 5.74) is 2.41. The Labute approximate surface area is 102 Å². The SMILES string of the molecule is CC(C)c1ccc(N2CCCC2)c(C(=O)O)c1. The van der Waals surface area contributed by atoms with Crippen LogP contribution >= 0.6 is 0 Å². The largest absolute Gasteiger partial charge is 0.478 e. The molecule has 0 aliphatic carbocycles. The minimum Gasteiger partial charge on any atom is -0.478 e. The van der Waals surface area contributed by atoms with Crippen LogP contribution in [0.5, 0.6) is 0 Å². The Morgan fingerprint density at radius 2 is 1.94 bits per heavy atom. The van der Waals surface area contributed by atoms with Crippen molar-refractivity contribution in [1.29, 1.82) is 0 Å². The van der Waals surface area contributed by atoms with Gasteiger partial charge in [-0.3, -0.25) is 0 Å². The van der Waals surface area contributed by atoms with E-state index in [1.54, 1.807) is 0 Å². The third-order valence-electron chi connectivity index (χ3n) is 3.36. The van der Waals surface area contributed by atoms with Crippen molar-refractivity contribution in [3.63, 3.8) is 0 Å². The monoisotopic (exact) mass is 233 g/mol. The van der Waals surface area contributed by atoms with E-state index < -0.39 is 5.97 Å². The summed E-state index contributed by atoms with van der Waals surface area (Å²) in [6.45, 7) is 6.11. The maximum absolute atomic E-state index is 11.3. The Balaban J connectivity index is 2.40. The Hall–Kier alpha value is -1.51. The average Bonchev–Trinajstić information content (AvgIpc) is 2.81. The van der Waals surface area contributed by atoms with E-state index >= 15 is 0 Å². The van der Waals surface area contributed by atoms with Gasteiger partial charge >= 0.3 is 5.97 Å². The third kappa shape index (κ3) is 2.43. The van der Waals surface area contributed by atoms with Crippen molar-refractivity contribution in [3.05, 3.63) is 29.3 Å². The van der Waals surface area contributed by atoms with Crippen LogP contribution in [-0.2, 0) is 0 Å². The molecular weight excluding hydrogens is 214 g/mol. The quantitative estimate of drug-likeness (QED) is 0.872. The molecule has 1 aliphatic heterocycles. The summed E-state index contributed by atoms with van der Waals surface area (Å²) < 4.78 is 0. The summed E-state index contributed by atoms with van der Waals surface area (Å²) in [6, 6.07) is 5.83. The van der Waals surface area contributed by atoms with E-state index in [0.717, 1.165) is 37.2 Å². The van der Waals surface area contributed by atoms with Crippen LogP contribution in [0.4, 0.5) is 5.69 Å². The highest BCUT2D eigenvalue weighted by molar-refractivity contribution is 5.94. The molecule has 17 heavy (non-hydrogen) atoms. The van der Waals surface area contributed by atoms with E-state index in [2.05, 4.69) is 18.7 Å². The standard InChI is InChI=1S/C14H19NO2/c1-10(2)11-5-6-13(12(9-11)14(16)17)15-7-3-4-8-15/h5-6,9-10H,3-4,7-8H2,1-2H3,(H,16,17). The van der Waals surface area contributed by atoms with Gasteiger partial charge in [0.15, 0.2) is 0 Å². The van der Waals surface area contributed by atoms with E-state index in [1.165, 1.54) is 0 Å². The highest BCUT2D eigenvalue weighted by Crippen LogP contribution is 2.28. The molecule has 1 saturated heterocycles. The van der Waals surface area contributed by atoms with E-state index in [0.29, 0.717) is 11.5 Å². The summed E-state index contributed by atoms with van der Waals surface area (Å²) in [7, 11) is 0. The van der Waals surface area contributed by atoms with Crippen LogP contribution in [0, 0.1) is 0 Å². The van der Waals surface area contributed by atoms with Gasteiger partial charge in [-0.05, 0) is 36.5 Å². The summed E-state index contributed by atoms with van der Waals surface area (Å²) in [4.78, 5) is 13.5. The van der Waals surface area contributed by atoms with Gasteiger partial charge in [-0.1, -0.05) is 19.9 Å². The molecule has 0 aromatic heterocycles. The van der Waals surface area contributed by atoms with Gasteiger partial charge in [-0.2, -0.15) is 0 Å². The lowest BCUT2D eigenvalue weighted by molar-refractivity contribution is 0.0697. The maximum Gasteiger partial charge on any atom is 0.337 e. The second-order valence-corrected chi connectivity index (χ2v) is 4.93. The first kappa shape index (κ1) is 12.0. The minimum atomic E-state index is -0.825. The number of benzene rings is 1. The first-order valence-corrected chi connectivity index (χ1v) is 6.22. The Bertz CT molecular complexity index is 420. The fourth-order valence-electron chi connectivity index (χ4n) is 2.32. The molecule has 1 N–H and O–H groups in total. The van der Waals surface area contributed by atoms with E-state index in [1.807, 2.05) is 18.2 Å². The summed E-state index contributed by atoms with van der Waals surface area (Å²) in [5.74, 6) is -0.463. The molecule has 0 amide bonds. The van der Waals surface area contributed by atoms with Crippen molar-refractivity contribution in [2.75, 3.05) is 18.0 Å². The van der Waals surface area contributed by atoms with Crippen LogP contribution in [0.15, 0.2) is 18.2 Å². The number of aromatic carboxylic acids is 1. The second kappa shape index (κ2) is 4.78. The molecule has 92 valence electrons. The number of carboxylic acid groups (broad SMARTS) is 1. The second-order valence-electron chi connectivity index (χ2n) is 4.93. The van der Waals surface area contributed by atoms with Gasteiger partial charge in [0, 0.05) is 13.1 Å². The molecular formula is C14H19NO2. The molecule has 1 aromatic rings. The van der Waals surface area contributed by atoms with Crippen LogP contribution in [-0.4, -0.2) is 24.2 Å². The number of carboxylic acids is 1. The zero-order valence-electron chi connectivity index (χ0n) is 10.4. The molecule has 0 radical (unpaired) electrons. The Morgan fingerprint density at radius 1 is 1.29 bits per heavy atom. The van der Waals surface area contributed by atoms with Gasteiger partial charge in [0.2, 0.25) is 0 Å². The molecule has 1 aliphatic rings. The van der Waals surface area contributed by atoms with E-state index in [4.69, 9.17) is 0 Å². The van der Waals surface area contributed by atoms with Crippen molar-refractivity contribution >= 4 is 11.7 Å². The van der Waals surface area contributed by atoms with Gasteiger partial charge in [0.25, 0.3) is 0 Å². The van der Waals surface area contributed by atoms with Crippen LogP contribution in [0.3, 0.4) is 0 Å². The third-order valence-corrected chi connectivity index (χ3v) is 3.36. The Morgan fingerprint density at radius 3 is 2.47 bits per heavy atom. The van der Waals surface area contributed by atoms with Gasteiger partial charge < -0.3 is 10.0 Å². The normalized spacial score (nSPS) is 15.6. The molecule has 0 bridgehead atoms. The number of hydrogen-bond acceptors (Lipinski definition) is 2. The Kier molecular flexibility index (Phi) is 3.36. The van der Waals surface area contributed by atoms with Crippen molar-refractivity contribution in [3.8, 4) is 0 Å². The zero-order valence-corrected chi connectivity index (χ0v) is 10.4. The number of hydrogen-bond donors (Lipinski definition) is 1. The lowest BCUT2D eigenvalue weighted by atomic mass is 9.99. The average molecular weight is 233 g/mol. The predicted octanol–water partition coefficient (Wildman–Crippen LogP) is 3.11. The summed E-state index contributed by atoms with van der Waals surface area (Å²) in [5, 5.41) is 9.31. The van der Waals surface area contributed by atoms with Crippen molar-refractivity contribution in [2.45, 2.75) is 32.6 Å². The van der Waals surface area contributed by atoms with Gasteiger partial charge in [-0.15, -0.1) is 0 Å². The lowest BCUT2D eigenvalue weighted by Crippen LogP contribution is -2.20. The first-order chi connectivity index (χ1) is 8.09. The van der Waals surface area contributed by atoms with Crippen molar-refractivity contribution in [2.24, 2.45) is 0 Å². The van der Waals surface area contributed by atoms with Crippen LogP contribution in [0.2, 0.25) is 0 Å². The number of nitrogens with zero attached hydrogens (tertiary/aromatic N) is 1. The van der Waals surface area contributed by atoms with Crippen LogP contribution in [0.25, 0.3) is 0 Å².